The van der Waals surface area contributed by atoms with E-state index in [0.29, 0.717) is 11.5 Å². The molecule has 20 heavy (non-hydrogen) atoms. The fourth-order valence-electron chi connectivity index (χ4n) is 2.52. The average molecular weight is 288 g/mol. The van der Waals surface area contributed by atoms with Gasteiger partial charge in [-0.15, -0.1) is 11.3 Å². The molecule has 2 aromatic rings. The molecule has 0 spiro atoms. The minimum atomic E-state index is -0.0565. The number of carbonyl (C=O) groups excluding carboxylic acids is 1. The molecule has 0 aromatic carbocycles. The van der Waals surface area contributed by atoms with Crippen LogP contribution in [0.5, 0.6) is 0 Å². The fourth-order valence-corrected chi connectivity index (χ4v) is 3.49. The number of rotatable bonds is 2. The number of carbonyl (C=O) groups is 1. The Morgan fingerprint density at radius 3 is 3.15 bits per heavy atom. The van der Waals surface area contributed by atoms with Crippen LogP contribution in [0.3, 0.4) is 0 Å². The molecule has 6 heteroatoms. The quantitative estimate of drug-likeness (QED) is 0.921. The highest BCUT2D eigenvalue weighted by Gasteiger charge is 2.29. The van der Waals surface area contributed by atoms with Crippen molar-refractivity contribution in [1.82, 2.24) is 14.9 Å². The number of hydrogen-bond donors (Lipinski definition) is 1. The summed E-state index contributed by atoms with van der Waals surface area (Å²) in [4.78, 5) is 24.2. The lowest BCUT2D eigenvalue weighted by Gasteiger charge is -2.33. The zero-order valence-corrected chi connectivity index (χ0v) is 12.3. The number of nitrogens with one attached hydrogen (secondary N) is 1. The molecule has 0 saturated carbocycles. The Morgan fingerprint density at radius 2 is 2.35 bits per heavy atom. The van der Waals surface area contributed by atoms with E-state index in [9.17, 15) is 4.79 Å². The molecule has 1 atom stereocenters. The van der Waals surface area contributed by atoms with E-state index in [2.05, 4.69) is 33.7 Å². The number of thiophene rings is 1. The van der Waals surface area contributed by atoms with E-state index < -0.39 is 0 Å². The third-order valence-corrected chi connectivity index (χ3v) is 4.64. The smallest absolute Gasteiger partial charge is 0.274 e. The van der Waals surface area contributed by atoms with Gasteiger partial charge in [0, 0.05) is 18.5 Å². The number of aromatic nitrogens is 2. The van der Waals surface area contributed by atoms with Crippen LogP contribution in [0.15, 0.2) is 23.8 Å². The minimum absolute atomic E-state index is 0.0565. The third-order valence-electron chi connectivity index (χ3n) is 3.65. The van der Waals surface area contributed by atoms with Crippen LogP contribution >= 0.6 is 11.3 Å². The van der Waals surface area contributed by atoms with Crippen molar-refractivity contribution in [2.75, 3.05) is 18.9 Å². The molecule has 1 N–H and O–H groups in total. The summed E-state index contributed by atoms with van der Waals surface area (Å²) in [5.74, 6) is 0.552. The number of anilines is 1. The second kappa shape index (κ2) is 5.20. The first-order valence-corrected chi connectivity index (χ1v) is 7.45. The summed E-state index contributed by atoms with van der Waals surface area (Å²) in [6.07, 6.45) is 4.05. The largest absolute Gasteiger partial charge is 0.372 e. The van der Waals surface area contributed by atoms with Gasteiger partial charge in [-0.2, -0.15) is 0 Å². The molecular weight excluding hydrogens is 272 g/mol. The number of nitrogens with zero attached hydrogens (tertiary/aromatic N) is 3. The standard InChI is InChI=1S/C14H16N4OS/c1-9-10-4-6-20-12(10)3-5-18(9)14(19)11-7-16-8-13(15-2)17-11/h4,6-9H,3,5H2,1-2H3,(H,15,17). The second-order valence-electron chi connectivity index (χ2n) is 4.76. The molecule has 1 amide bonds. The lowest BCUT2D eigenvalue weighted by atomic mass is 10.0. The van der Waals surface area contributed by atoms with Crippen LogP contribution in [0.4, 0.5) is 5.82 Å². The monoisotopic (exact) mass is 288 g/mol. The van der Waals surface area contributed by atoms with Gasteiger partial charge in [-0.25, -0.2) is 4.98 Å². The maximum absolute atomic E-state index is 12.6. The Hall–Kier alpha value is -1.95. The van der Waals surface area contributed by atoms with Crippen molar-refractivity contribution in [3.63, 3.8) is 0 Å². The molecule has 3 heterocycles. The predicted molar refractivity (Wildman–Crippen MR) is 79.1 cm³/mol. The maximum Gasteiger partial charge on any atom is 0.274 e. The summed E-state index contributed by atoms with van der Waals surface area (Å²) in [5.41, 5.74) is 1.65. The summed E-state index contributed by atoms with van der Waals surface area (Å²) in [7, 11) is 1.76. The number of fused-ring (bicyclic) bond motifs is 1. The Balaban J connectivity index is 1.88. The SMILES string of the molecule is CNc1cncc(C(=O)N2CCc3sccc3C2C)n1. The summed E-state index contributed by atoms with van der Waals surface area (Å²) >= 11 is 1.77. The molecule has 5 nitrogen and oxygen atoms in total. The molecule has 0 saturated heterocycles. The van der Waals surface area contributed by atoms with E-state index in [4.69, 9.17) is 0 Å². The lowest BCUT2D eigenvalue weighted by Crippen LogP contribution is -2.38. The van der Waals surface area contributed by atoms with Crippen LogP contribution in [0.25, 0.3) is 0 Å². The van der Waals surface area contributed by atoms with Gasteiger partial charge in [0.2, 0.25) is 0 Å². The maximum atomic E-state index is 12.6. The van der Waals surface area contributed by atoms with Gasteiger partial charge >= 0.3 is 0 Å². The highest BCUT2D eigenvalue weighted by molar-refractivity contribution is 7.10. The molecule has 104 valence electrons. The summed E-state index contributed by atoms with van der Waals surface area (Å²) in [6, 6.07) is 2.21. The molecular formula is C14H16N4OS. The molecule has 1 aliphatic rings. The summed E-state index contributed by atoms with van der Waals surface area (Å²) in [5, 5.41) is 5.00. The van der Waals surface area contributed by atoms with E-state index in [1.807, 2.05) is 4.90 Å². The first-order valence-electron chi connectivity index (χ1n) is 6.57. The van der Waals surface area contributed by atoms with Gasteiger partial charge in [-0.3, -0.25) is 9.78 Å². The van der Waals surface area contributed by atoms with Gasteiger partial charge in [0.05, 0.1) is 18.4 Å². The summed E-state index contributed by atoms with van der Waals surface area (Å²) < 4.78 is 0. The third kappa shape index (κ3) is 2.16. The van der Waals surface area contributed by atoms with E-state index in [1.165, 1.54) is 16.6 Å². The van der Waals surface area contributed by atoms with Crippen molar-refractivity contribution >= 4 is 23.1 Å². The van der Waals surface area contributed by atoms with Crippen LogP contribution in [0.1, 0.15) is 33.9 Å². The zero-order valence-electron chi connectivity index (χ0n) is 11.5. The molecule has 1 aliphatic heterocycles. The fraction of sp³-hybridized carbons (Fsp3) is 0.357. The molecule has 2 aromatic heterocycles. The van der Waals surface area contributed by atoms with Crippen molar-refractivity contribution in [2.24, 2.45) is 0 Å². The van der Waals surface area contributed by atoms with Gasteiger partial charge in [0.25, 0.3) is 5.91 Å². The van der Waals surface area contributed by atoms with Crippen LogP contribution in [0, 0.1) is 0 Å². The molecule has 3 rings (SSSR count). The Labute approximate surface area is 121 Å². The van der Waals surface area contributed by atoms with E-state index in [1.54, 1.807) is 24.6 Å². The van der Waals surface area contributed by atoms with Crippen LogP contribution in [-0.4, -0.2) is 34.4 Å². The topological polar surface area (TPSA) is 58.1 Å². The van der Waals surface area contributed by atoms with Crippen molar-refractivity contribution < 1.29 is 4.79 Å². The Morgan fingerprint density at radius 1 is 1.50 bits per heavy atom. The highest BCUT2D eigenvalue weighted by atomic mass is 32.1. The second-order valence-corrected chi connectivity index (χ2v) is 5.76. The van der Waals surface area contributed by atoms with Gasteiger partial charge in [-0.05, 0) is 30.4 Å². The Bertz CT molecular complexity index is 640. The number of hydrogen-bond acceptors (Lipinski definition) is 5. The minimum Gasteiger partial charge on any atom is -0.372 e. The van der Waals surface area contributed by atoms with Gasteiger partial charge < -0.3 is 10.2 Å². The Kier molecular flexibility index (Phi) is 3.40. The first-order chi connectivity index (χ1) is 9.70. The lowest BCUT2D eigenvalue weighted by molar-refractivity contribution is 0.0673. The van der Waals surface area contributed by atoms with Gasteiger partial charge in [0.1, 0.15) is 11.5 Å². The first kappa shape index (κ1) is 13.1. The molecule has 0 bridgehead atoms. The average Bonchev–Trinajstić information content (AvgIpc) is 2.96. The van der Waals surface area contributed by atoms with E-state index in [-0.39, 0.29) is 11.9 Å². The summed E-state index contributed by atoms with van der Waals surface area (Å²) in [6.45, 7) is 2.80. The molecule has 0 fully saturated rings. The molecule has 1 unspecified atom stereocenters. The predicted octanol–water partition coefficient (Wildman–Crippen LogP) is 2.34. The van der Waals surface area contributed by atoms with Crippen molar-refractivity contribution in [1.29, 1.82) is 0 Å². The molecule has 0 aliphatic carbocycles. The van der Waals surface area contributed by atoms with Gasteiger partial charge in [-0.1, -0.05) is 0 Å². The van der Waals surface area contributed by atoms with E-state index >= 15 is 0 Å². The normalized spacial score (nSPS) is 17.7. The van der Waals surface area contributed by atoms with Crippen molar-refractivity contribution in [3.8, 4) is 0 Å². The van der Waals surface area contributed by atoms with Gasteiger partial charge in [0.15, 0.2) is 0 Å². The van der Waals surface area contributed by atoms with Crippen LogP contribution in [0.2, 0.25) is 0 Å². The van der Waals surface area contributed by atoms with E-state index in [0.717, 1.165) is 13.0 Å². The number of amides is 1. The van der Waals surface area contributed by atoms with Crippen molar-refractivity contribution in [3.05, 3.63) is 40.0 Å². The van der Waals surface area contributed by atoms with Crippen LogP contribution in [-0.2, 0) is 6.42 Å². The van der Waals surface area contributed by atoms with Crippen molar-refractivity contribution in [2.45, 2.75) is 19.4 Å². The highest BCUT2D eigenvalue weighted by Crippen LogP contribution is 2.33. The molecule has 0 radical (unpaired) electrons. The zero-order chi connectivity index (χ0) is 14.1. The van der Waals surface area contributed by atoms with Crippen LogP contribution < -0.4 is 5.32 Å².